The number of piperidine rings is 1. The summed E-state index contributed by atoms with van der Waals surface area (Å²) >= 11 is 0. The van der Waals surface area contributed by atoms with E-state index >= 15 is 0 Å². The van der Waals surface area contributed by atoms with Gasteiger partial charge in [-0.3, -0.25) is 9.48 Å². The number of amides is 1. The molecule has 5 fully saturated rings. The molecule has 2 aliphatic heterocycles. The molecule has 5 heteroatoms. The standard InChI is InChI=1S/C25H33N3O2/c1-15(22-21-19(16-7-8-16)5-4-6-20(21)27(3)26-22)23(29)28-17-9-10-25(30)13-18(28)12-24(2,11-17)14-25/h4-6,15-18,30H,7-14H2,1-3H3. The Balaban J connectivity index is 1.39. The highest BCUT2D eigenvalue weighted by molar-refractivity contribution is 5.93. The zero-order valence-corrected chi connectivity index (χ0v) is 18.4. The fourth-order valence-corrected chi connectivity index (χ4v) is 7.31. The monoisotopic (exact) mass is 407 g/mol. The number of aromatic nitrogens is 2. The zero-order valence-electron chi connectivity index (χ0n) is 18.4. The first-order valence-corrected chi connectivity index (χ1v) is 11.8. The summed E-state index contributed by atoms with van der Waals surface area (Å²) in [4.78, 5) is 16.1. The summed E-state index contributed by atoms with van der Waals surface area (Å²) in [6, 6.07) is 6.91. The van der Waals surface area contributed by atoms with Gasteiger partial charge in [-0.1, -0.05) is 19.1 Å². The number of carbonyl (C=O) groups is 1. The minimum Gasteiger partial charge on any atom is -0.390 e. The molecule has 3 heterocycles. The lowest BCUT2D eigenvalue weighted by Crippen LogP contribution is -2.59. The van der Waals surface area contributed by atoms with E-state index < -0.39 is 5.60 Å². The molecule has 1 N–H and O–H groups in total. The van der Waals surface area contributed by atoms with Crippen LogP contribution in [0.3, 0.4) is 0 Å². The van der Waals surface area contributed by atoms with E-state index in [-0.39, 0.29) is 29.3 Å². The van der Waals surface area contributed by atoms with Crippen LogP contribution in [-0.2, 0) is 11.8 Å². The average Bonchev–Trinajstić information content (AvgIpc) is 3.49. The zero-order chi connectivity index (χ0) is 20.8. The van der Waals surface area contributed by atoms with Crippen molar-refractivity contribution < 1.29 is 9.90 Å². The van der Waals surface area contributed by atoms with Crippen LogP contribution >= 0.6 is 0 Å². The van der Waals surface area contributed by atoms with Crippen LogP contribution in [0.1, 0.15) is 88.3 Å². The quantitative estimate of drug-likeness (QED) is 0.828. The van der Waals surface area contributed by atoms with Crippen LogP contribution in [0.25, 0.3) is 10.9 Å². The maximum Gasteiger partial charge on any atom is 0.232 e. The first-order valence-electron chi connectivity index (χ1n) is 11.8. The summed E-state index contributed by atoms with van der Waals surface area (Å²) in [7, 11) is 1.99. The molecule has 3 aliphatic carbocycles. The lowest BCUT2D eigenvalue weighted by atomic mass is 9.63. The molecule has 1 aromatic carbocycles. The maximum absolute atomic E-state index is 13.9. The number of hydrogen-bond acceptors (Lipinski definition) is 3. The fourth-order valence-electron chi connectivity index (χ4n) is 7.31. The third-order valence-electron chi connectivity index (χ3n) is 8.55. The molecule has 5 aliphatic rings. The SMILES string of the molecule is CC(C(=O)N1C2CCC3(O)CC1CC(C)(C2)C3)c1nn(C)c2cccc(C3CC3)c12. The van der Waals surface area contributed by atoms with Gasteiger partial charge in [-0.25, -0.2) is 0 Å². The molecule has 2 aromatic rings. The van der Waals surface area contributed by atoms with Gasteiger partial charge in [0.1, 0.15) is 0 Å². The molecule has 1 amide bonds. The summed E-state index contributed by atoms with van der Waals surface area (Å²) in [5, 5.41) is 17.3. The Morgan fingerprint density at radius 2 is 1.97 bits per heavy atom. The van der Waals surface area contributed by atoms with Gasteiger partial charge in [0.2, 0.25) is 5.91 Å². The second-order valence-corrected chi connectivity index (χ2v) is 11.2. The van der Waals surface area contributed by atoms with Crippen molar-refractivity contribution in [3.05, 3.63) is 29.5 Å². The van der Waals surface area contributed by atoms with Gasteiger partial charge in [-0.05, 0) is 81.3 Å². The van der Waals surface area contributed by atoms with Gasteiger partial charge in [0.25, 0.3) is 0 Å². The van der Waals surface area contributed by atoms with E-state index in [9.17, 15) is 9.90 Å². The van der Waals surface area contributed by atoms with Crippen LogP contribution in [0, 0.1) is 5.41 Å². The van der Waals surface area contributed by atoms with Crippen molar-refractivity contribution in [2.45, 2.75) is 94.7 Å². The van der Waals surface area contributed by atoms with Gasteiger partial charge >= 0.3 is 0 Å². The van der Waals surface area contributed by atoms with Crippen molar-refractivity contribution in [1.29, 1.82) is 0 Å². The highest BCUT2D eigenvalue weighted by Crippen LogP contribution is 2.56. The maximum atomic E-state index is 13.9. The molecular formula is C25H33N3O2. The predicted molar refractivity (Wildman–Crippen MR) is 116 cm³/mol. The Morgan fingerprint density at radius 3 is 2.73 bits per heavy atom. The van der Waals surface area contributed by atoms with Crippen LogP contribution in [-0.4, -0.2) is 43.4 Å². The van der Waals surface area contributed by atoms with Crippen molar-refractivity contribution in [1.82, 2.24) is 14.7 Å². The van der Waals surface area contributed by atoms with E-state index in [1.807, 2.05) is 18.7 Å². The molecule has 7 rings (SSSR count). The van der Waals surface area contributed by atoms with Crippen molar-refractivity contribution in [3.8, 4) is 0 Å². The molecule has 0 spiro atoms. The Hall–Kier alpha value is -1.88. The molecular weight excluding hydrogens is 374 g/mol. The third kappa shape index (κ3) is 2.70. The molecule has 3 saturated carbocycles. The number of benzene rings is 1. The van der Waals surface area contributed by atoms with Crippen molar-refractivity contribution >= 4 is 16.8 Å². The van der Waals surface area contributed by atoms with Crippen LogP contribution in [0.5, 0.6) is 0 Å². The summed E-state index contributed by atoms with van der Waals surface area (Å²) in [6.07, 6.45) is 7.94. The third-order valence-corrected chi connectivity index (χ3v) is 8.55. The van der Waals surface area contributed by atoms with Gasteiger partial charge in [-0.2, -0.15) is 5.10 Å². The van der Waals surface area contributed by atoms with Crippen molar-refractivity contribution in [2.75, 3.05) is 0 Å². The Kier molecular flexibility index (Phi) is 3.83. The van der Waals surface area contributed by atoms with E-state index in [1.165, 1.54) is 23.8 Å². The fraction of sp³-hybridized carbons (Fsp3) is 0.680. The van der Waals surface area contributed by atoms with Crippen molar-refractivity contribution in [2.24, 2.45) is 12.5 Å². The van der Waals surface area contributed by atoms with E-state index in [4.69, 9.17) is 5.10 Å². The summed E-state index contributed by atoms with van der Waals surface area (Å²) in [5.74, 6) is 0.579. The molecule has 4 bridgehead atoms. The van der Waals surface area contributed by atoms with Gasteiger partial charge in [0, 0.05) is 24.5 Å². The number of carbonyl (C=O) groups excluding carboxylic acids is 1. The van der Waals surface area contributed by atoms with E-state index in [2.05, 4.69) is 30.0 Å². The first-order chi connectivity index (χ1) is 14.3. The van der Waals surface area contributed by atoms with E-state index in [1.54, 1.807) is 0 Å². The smallest absolute Gasteiger partial charge is 0.232 e. The van der Waals surface area contributed by atoms with Gasteiger partial charge in [0.05, 0.1) is 22.7 Å². The molecule has 30 heavy (non-hydrogen) atoms. The molecule has 1 aromatic heterocycles. The Morgan fingerprint density at radius 1 is 1.20 bits per heavy atom. The Bertz CT molecular complexity index is 1030. The molecule has 5 atom stereocenters. The minimum absolute atomic E-state index is 0.169. The number of aliphatic hydroxyl groups is 1. The average molecular weight is 408 g/mol. The lowest BCUT2D eigenvalue weighted by Gasteiger charge is -2.54. The highest BCUT2D eigenvalue weighted by Gasteiger charge is 2.56. The van der Waals surface area contributed by atoms with Crippen LogP contribution in [0.2, 0.25) is 0 Å². The molecule has 160 valence electrons. The minimum atomic E-state index is -0.582. The number of hydrogen-bond donors (Lipinski definition) is 1. The van der Waals surface area contributed by atoms with Crippen molar-refractivity contribution in [3.63, 3.8) is 0 Å². The normalized spacial score (nSPS) is 36.3. The van der Waals surface area contributed by atoms with Crippen LogP contribution in [0.4, 0.5) is 0 Å². The summed E-state index contributed by atoms with van der Waals surface area (Å²) < 4.78 is 1.95. The topological polar surface area (TPSA) is 58.4 Å². The van der Waals surface area contributed by atoms with Crippen LogP contribution in [0.15, 0.2) is 18.2 Å². The first kappa shape index (κ1) is 18.9. The van der Waals surface area contributed by atoms with E-state index in [0.29, 0.717) is 5.92 Å². The highest BCUT2D eigenvalue weighted by atomic mass is 16.3. The van der Waals surface area contributed by atoms with Gasteiger partial charge in [-0.15, -0.1) is 0 Å². The number of nitrogens with zero attached hydrogens (tertiary/aromatic N) is 3. The Labute approximate surface area is 178 Å². The second-order valence-electron chi connectivity index (χ2n) is 11.2. The molecule has 5 nitrogen and oxygen atoms in total. The molecule has 2 saturated heterocycles. The largest absolute Gasteiger partial charge is 0.390 e. The number of aryl methyl sites for hydroxylation is 1. The van der Waals surface area contributed by atoms with Crippen LogP contribution < -0.4 is 0 Å². The summed E-state index contributed by atoms with van der Waals surface area (Å²) in [5.41, 5.74) is 3.04. The lowest BCUT2D eigenvalue weighted by molar-refractivity contribution is -0.150. The van der Waals surface area contributed by atoms with Gasteiger partial charge in [0.15, 0.2) is 0 Å². The predicted octanol–water partition coefficient (Wildman–Crippen LogP) is 4.24. The number of fused-ring (bicyclic) bond motifs is 2. The second kappa shape index (κ2) is 6.09. The van der Waals surface area contributed by atoms with E-state index in [0.717, 1.165) is 49.7 Å². The summed E-state index contributed by atoms with van der Waals surface area (Å²) in [6.45, 7) is 4.37. The molecule has 5 unspecified atom stereocenters. The number of rotatable bonds is 3. The molecule has 0 radical (unpaired) electrons. The van der Waals surface area contributed by atoms with Gasteiger partial charge < -0.3 is 10.0 Å².